The molecule has 1 aliphatic rings. The summed E-state index contributed by atoms with van der Waals surface area (Å²) in [6.07, 6.45) is -4.86. The van der Waals surface area contributed by atoms with Gasteiger partial charge < -0.3 is 24.8 Å². The summed E-state index contributed by atoms with van der Waals surface area (Å²) in [4.78, 5) is 2.26. The van der Waals surface area contributed by atoms with Gasteiger partial charge in [0.2, 0.25) is 0 Å². The summed E-state index contributed by atoms with van der Waals surface area (Å²) < 4.78 is 74.7. The van der Waals surface area contributed by atoms with Gasteiger partial charge in [-0.05, 0) is 48.7 Å². The molecule has 2 heterocycles. The van der Waals surface area contributed by atoms with Crippen LogP contribution >= 0.6 is 18.5 Å². The number of nitrogens with one attached hydrogen (secondary N) is 2. The fourth-order valence-electron chi connectivity index (χ4n) is 5.11. The molecule has 1 fully saturated rings. The largest absolute Gasteiger partial charge is 0.495 e. The number of ether oxygens (including phenoxy) is 1. The molecule has 0 unspecified atom stereocenters. The molecule has 5 nitrogen and oxygen atoms in total. The predicted octanol–water partition coefficient (Wildman–Crippen LogP) is 6.96. The van der Waals surface area contributed by atoms with E-state index >= 15 is 0 Å². The molecular formula is C30H36F4N3O2PS. The zero-order valence-corrected chi connectivity index (χ0v) is 25.4. The van der Waals surface area contributed by atoms with Gasteiger partial charge in [-0.15, -0.1) is 11.3 Å². The monoisotopic (exact) mass is 609 g/mol. The van der Waals surface area contributed by atoms with Crippen molar-refractivity contribution in [1.82, 2.24) is 4.90 Å². The molecule has 11 heteroatoms. The molecule has 0 aliphatic carbocycles. The highest BCUT2D eigenvalue weighted by molar-refractivity contribution is 7.71. The van der Waals surface area contributed by atoms with Crippen molar-refractivity contribution in [3.63, 3.8) is 0 Å². The van der Waals surface area contributed by atoms with E-state index in [1.54, 1.807) is 30.3 Å². The van der Waals surface area contributed by atoms with Crippen LogP contribution in [0.15, 0.2) is 36.4 Å². The number of methoxy groups -OCH3 is 1. The van der Waals surface area contributed by atoms with Crippen LogP contribution in [0, 0.1) is 11.8 Å². The first kappa shape index (κ1) is 31.2. The molecule has 0 radical (unpaired) electrons. The quantitative estimate of drug-likeness (QED) is 0.156. The highest BCUT2D eigenvalue weighted by Crippen LogP contribution is 2.45. The number of piperidine rings is 1. The highest BCUT2D eigenvalue weighted by Gasteiger charge is 2.32. The number of rotatable bonds is 9. The fourth-order valence-corrected chi connectivity index (χ4v) is 8.16. The van der Waals surface area contributed by atoms with Crippen LogP contribution in [0.4, 0.5) is 28.9 Å². The van der Waals surface area contributed by atoms with Crippen molar-refractivity contribution in [1.29, 1.82) is 0 Å². The van der Waals surface area contributed by atoms with Gasteiger partial charge in [0.05, 0.1) is 47.1 Å². The van der Waals surface area contributed by atoms with E-state index in [0.29, 0.717) is 57.4 Å². The van der Waals surface area contributed by atoms with Crippen LogP contribution in [0.1, 0.15) is 30.7 Å². The Labute approximate surface area is 243 Å². The van der Waals surface area contributed by atoms with Crippen LogP contribution in [0.3, 0.4) is 0 Å². The average molecular weight is 610 g/mol. The Morgan fingerprint density at radius 1 is 1.17 bits per heavy atom. The molecule has 1 aromatic heterocycles. The lowest BCUT2D eigenvalue weighted by molar-refractivity contribution is -0.126. The Morgan fingerprint density at radius 3 is 2.59 bits per heavy atom. The maximum absolute atomic E-state index is 14.7. The standard InChI is InChI=1S/C30H36F4N3O2PS/c1-5-40(38,6-2)20-12-13-25(27(17-20)39-4)35-15-8-11-28-22(18-30(32,33)34)21-9-7-10-26(29(21)41-28)36-24-14-16-37(3)19-23(24)31/h7,9-10,12-13,17,23-24,35-36H,5-6,14-16,18-19H2,1-4H3/t23-,24+/m0/s1. The normalized spacial score (nSPS) is 18.1. The van der Waals surface area contributed by atoms with Gasteiger partial charge in [-0.25, -0.2) is 4.39 Å². The molecular weight excluding hydrogens is 573 g/mol. The van der Waals surface area contributed by atoms with Crippen molar-refractivity contribution in [2.24, 2.45) is 0 Å². The van der Waals surface area contributed by atoms with E-state index in [4.69, 9.17) is 4.74 Å². The second-order valence-corrected chi connectivity index (χ2v) is 14.8. The molecule has 0 spiro atoms. The van der Waals surface area contributed by atoms with E-state index in [-0.39, 0.29) is 12.1 Å². The Morgan fingerprint density at radius 2 is 1.93 bits per heavy atom. The average Bonchev–Trinajstić information content (AvgIpc) is 3.28. The van der Waals surface area contributed by atoms with Gasteiger partial charge in [0.15, 0.2) is 0 Å². The Bertz CT molecular complexity index is 1470. The number of thiophene rings is 1. The summed E-state index contributed by atoms with van der Waals surface area (Å²) in [5.74, 6) is 6.43. The van der Waals surface area contributed by atoms with E-state index in [1.165, 1.54) is 18.4 Å². The number of fused-ring (bicyclic) bond motifs is 1. The van der Waals surface area contributed by atoms with E-state index < -0.39 is 32.0 Å². The van der Waals surface area contributed by atoms with Gasteiger partial charge in [0.25, 0.3) is 0 Å². The van der Waals surface area contributed by atoms with Crippen molar-refractivity contribution in [3.8, 4) is 17.6 Å². The van der Waals surface area contributed by atoms with E-state index in [0.717, 1.165) is 11.8 Å². The Kier molecular flexibility index (Phi) is 9.94. The maximum atomic E-state index is 14.7. The van der Waals surface area contributed by atoms with Gasteiger partial charge in [-0.1, -0.05) is 37.8 Å². The predicted molar refractivity (Wildman–Crippen MR) is 163 cm³/mol. The maximum Gasteiger partial charge on any atom is 0.393 e. The molecule has 222 valence electrons. The lowest BCUT2D eigenvalue weighted by Crippen LogP contribution is -2.46. The number of halogens is 4. The second-order valence-electron chi connectivity index (χ2n) is 10.3. The first-order chi connectivity index (χ1) is 19.5. The molecule has 41 heavy (non-hydrogen) atoms. The molecule has 3 aromatic rings. The first-order valence-corrected chi connectivity index (χ1v) is 16.6. The number of hydrogen-bond donors (Lipinski definition) is 2. The molecule has 1 saturated heterocycles. The van der Waals surface area contributed by atoms with E-state index in [2.05, 4.69) is 22.5 Å². The van der Waals surface area contributed by atoms with Gasteiger partial charge >= 0.3 is 6.18 Å². The van der Waals surface area contributed by atoms with Crippen LogP contribution < -0.4 is 20.7 Å². The van der Waals surface area contributed by atoms with Crippen LogP contribution in [0.2, 0.25) is 0 Å². The van der Waals surface area contributed by atoms with Crippen LogP contribution in [-0.4, -0.2) is 69.4 Å². The number of hydrogen-bond acceptors (Lipinski definition) is 6. The number of alkyl halides is 4. The van der Waals surface area contributed by atoms with Crippen molar-refractivity contribution in [2.45, 2.75) is 45.1 Å². The fraction of sp³-hybridized carbons (Fsp3) is 0.467. The van der Waals surface area contributed by atoms with E-state index in [9.17, 15) is 22.1 Å². The molecule has 2 N–H and O–H groups in total. The third-order valence-corrected chi connectivity index (χ3v) is 12.0. The molecule has 0 bridgehead atoms. The Hall–Kier alpha value is -2.73. The lowest BCUT2D eigenvalue weighted by atomic mass is 10.0. The smallest absolute Gasteiger partial charge is 0.393 e. The van der Waals surface area contributed by atoms with Gasteiger partial charge in [-0.3, -0.25) is 0 Å². The second kappa shape index (κ2) is 13.1. The summed E-state index contributed by atoms with van der Waals surface area (Å²) in [6.45, 7) is 5.03. The minimum atomic E-state index is -4.41. The summed E-state index contributed by atoms with van der Waals surface area (Å²) in [6, 6.07) is 10.1. The third kappa shape index (κ3) is 7.38. The van der Waals surface area contributed by atoms with Gasteiger partial charge in [0, 0.05) is 30.7 Å². The van der Waals surface area contributed by atoms with Crippen LogP contribution in [0.25, 0.3) is 10.1 Å². The first-order valence-electron chi connectivity index (χ1n) is 13.7. The number of nitrogens with zero attached hydrogens (tertiary/aromatic N) is 1. The van der Waals surface area contributed by atoms with Gasteiger partial charge in [-0.2, -0.15) is 13.2 Å². The molecule has 0 saturated carbocycles. The zero-order chi connectivity index (χ0) is 29.8. The number of benzene rings is 2. The minimum Gasteiger partial charge on any atom is -0.495 e. The van der Waals surface area contributed by atoms with Crippen LogP contribution in [-0.2, 0) is 11.0 Å². The zero-order valence-electron chi connectivity index (χ0n) is 23.7. The SMILES string of the molecule is CCP(=O)(CC)c1ccc(NCC#Cc2sc3c(N[C@@H]4CCN(C)C[C@@H]4F)cccc3c2CC(F)(F)F)c(OC)c1. The topological polar surface area (TPSA) is 53.6 Å². The van der Waals surface area contributed by atoms with E-state index in [1.807, 2.05) is 31.9 Å². The summed E-state index contributed by atoms with van der Waals surface area (Å²) >= 11 is 1.19. The third-order valence-electron chi connectivity index (χ3n) is 7.53. The number of likely N-dealkylation sites (tertiary alicyclic amines) is 1. The van der Waals surface area contributed by atoms with Gasteiger partial charge in [0.1, 0.15) is 19.1 Å². The van der Waals surface area contributed by atoms with Crippen molar-refractivity contribution in [3.05, 3.63) is 46.8 Å². The summed E-state index contributed by atoms with van der Waals surface area (Å²) in [5.41, 5.74) is 1.41. The molecule has 2 aromatic carbocycles. The molecule has 1 aliphatic heterocycles. The molecule has 4 rings (SSSR count). The summed E-state index contributed by atoms with van der Waals surface area (Å²) in [7, 11) is 0.919. The van der Waals surface area contributed by atoms with Crippen LogP contribution in [0.5, 0.6) is 5.75 Å². The summed E-state index contributed by atoms with van der Waals surface area (Å²) in [5, 5.41) is 7.65. The number of anilines is 2. The highest BCUT2D eigenvalue weighted by atomic mass is 32.1. The Balaban J connectivity index is 1.59. The molecule has 2 atom stereocenters. The minimum absolute atomic E-state index is 0.130. The van der Waals surface area contributed by atoms with Crippen molar-refractivity contribution >= 4 is 45.2 Å². The van der Waals surface area contributed by atoms with Crippen molar-refractivity contribution < 1.29 is 26.9 Å². The van der Waals surface area contributed by atoms with Crippen molar-refractivity contribution in [2.75, 3.05) is 56.7 Å². The lowest BCUT2D eigenvalue weighted by Gasteiger charge is -2.33. The molecule has 0 amide bonds.